The maximum atomic E-state index is 12.4. The molecule has 0 spiro atoms. The zero-order chi connectivity index (χ0) is 12.5. The molecule has 0 aliphatic heterocycles. The summed E-state index contributed by atoms with van der Waals surface area (Å²) in [6, 6.07) is 7.59. The molecule has 0 radical (unpaired) electrons. The van der Waals surface area contributed by atoms with E-state index in [0.717, 1.165) is 23.5 Å². The van der Waals surface area contributed by atoms with E-state index in [-0.39, 0.29) is 11.2 Å². The van der Waals surface area contributed by atoms with Crippen LogP contribution in [0.5, 0.6) is 0 Å². The Morgan fingerprint density at radius 1 is 1.35 bits per heavy atom. The second-order valence-corrected chi connectivity index (χ2v) is 5.84. The Bertz CT molecular complexity index is 427. The first-order chi connectivity index (χ1) is 8.03. The molecule has 0 N–H and O–H groups in total. The smallest absolute Gasteiger partial charge is 0.168 e. The molecule has 0 unspecified atom stereocenters. The molecule has 1 aromatic carbocycles. The minimum Gasteiger partial charge on any atom is -0.294 e. The molecule has 0 bridgehead atoms. The number of hydrogen-bond acceptors (Lipinski definition) is 2. The molecule has 0 aromatic heterocycles. The summed E-state index contributed by atoms with van der Waals surface area (Å²) >= 11 is 4.86. The summed E-state index contributed by atoms with van der Waals surface area (Å²) in [5.74, 6) is 1.02. The van der Waals surface area contributed by atoms with Gasteiger partial charge in [-0.2, -0.15) is 0 Å². The van der Waals surface area contributed by atoms with Crippen molar-refractivity contribution in [1.82, 2.24) is 0 Å². The zero-order valence-electron chi connectivity index (χ0n) is 10.4. The van der Waals surface area contributed by atoms with Crippen LogP contribution in [0.25, 0.3) is 0 Å². The third kappa shape index (κ3) is 3.01. The third-order valence-corrected chi connectivity index (χ3v) is 3.69. The average Bonchev–Trinajstić information content (AvgIpc) is 3.11. The number of rotatable bonds is 5. The molecule has 1 aliphatic carbocycles. The number of Topliss-reactive ketones (excluding diaryl/α,β-unsaturated/α-hetero) is 1. The van der Waals surface area contributed by atoms with E-state index in [0.29, 0.717) is 0 Å². The van der Waals surface area contributed by atoms with E-state index < -0.39 is 0 Å². The first kappa shape index (κ1) is 12.4. The molecule has 1 fully saturated rings. The summed E-state index contributed by atoms with van der Waals surface area (Å²) in [6.07, 6.45) is 3.60. The van der Waals surface area contributed by atoms with Gasteiger partial charge in [-0.1, -0.05) is 63.2 Å². The number of ketones is 1. The van der Waals surface area contributed by atoms with Gasteiger partial charge in [0.25, 0.3) is 0 Å². The molecule has 1 nitrogen and oxygen atoms in total. The summed E-state index contributed by atoms with van der Waals surface area (Å²) in [5, 5.41) is 1.63. The van der Waals surface area contributed by atoms with Gasteiger partial charge in [0.05, 0.1) is 0 Å². The molecule has 1 saturated carbocycles. The molecule has 0 amide bonds. The van der Waals surface area contributed by atoms with E-state index in [1.165, 1.54) is 12.8 Å². The highest BCUT2D eigenvalue weighted by Gasteiger charge is 2.35. The summed E-state index contributed by atoms with van der Waals surface area (Å²) in [7, 11) is 0. The molecular weight excluding hydrogens is 228 g/mol. The lowest BCUT2D eigenvalue weighted by Gasteiger charge is -2.23. The van der Waals surface area contributed by atoms with E-state index in [2.05, 4.69) is 13.8 Å². The third-order valence-electron chi connectivity index (χ3n) is 3.42. The lowest BCUT2D eigenvalue weighted by molar-refractivity contribution is 0.0818. The predicted octanol–water partition coefficient (Wildman–Crippen LogP) is 4.04. The highest BCUT2D eigenvalue weighted by atomic mass is 32.1. The first-order valence-electron chi connectivity index (χ1n) is 6.13. The first-order valence-corrected chi connectivity index (χ1v) is 6.60. The average molecular weight is 246 g/mol. The standard InChI is InChI=1S/C15H18OS/c1-15(2,9-11-3-4-11)14(16)13-7-5-12(10-17)6-8-13/h5-8,10-11H,3-4,9H2,1-2H3. The maximum absolute atomic E-state index is 12.4. The van der Waals surface area contributed by atoms with Crippen LogP contribution in [-0.2, 0) is 0 Å². The molecule has 0 atom stereocenters. The number of benzene rings is 1. The summed E-state index contributed by atoms with van der Waals surface area (Å²) in [4.78, 5) is 12.4. The van der Waals surface area contributed by atoms with Crippen molar-refractivity contribution in [2.45, 2.75) is 33.1 Å². The maximum Gasteiger partial charge on any atom is 0.168 e. The van der Waals surface area contributed by atoms with E-state index >= 15 is 0 Å². The molecule has 1 aliphatic rings. The van der Waals surface area contributed by atoms with Gasteiger partial charge in [0.1, 0.15) is 0 Å². The second-order valence-electron chi connectivity index (χ2n) is 5.60. The van der Waals surface area contributed by atoms with Gasteiger partial charge < -0.3 is 0 Å². The molecule has 0 saturated heterocycles. The van der Waals surface area contributed by atoms with Crippen molar-refractivity contribution in [3.05, 3.63) is 35.4 Å². The lowest BCUT2D eigenvalue weighted by Crippen LogP contribution is -2.25. The fourth-order valence-electron chi connectivity index (χ4n) is 2.24. The molecule has 90 valence electrons. The topological polar surface area (TPSA) is 17.1 Å². The van der Waals surface area contributed by atoms with Crippen LogP contribution < -0.4 is 0 Å². The Hall–Kier alpha value is -1.02. The van der Waals surface area contributed by atoms with Crippen molar-refractivity contribution in [2.75, 3.05) is 0 Å². The van der Waals surface area contributed by atoms with Crippen LogP contribution in [-0.4, -0.2) is 11.2 Å². The molecule has 1 aromatic rings. The minimum absolute atomic E-state index is 0.236. The van der Waals surface area contributed by atoms with Crippen molar-refractivity contribution >= 4 is 23.4 Å². The normalized spacial score (nSPS) is 15.6. The number of carbonyl (C=O) groups excluding carboxylic acids is 1. The number of carbonyl (C=O) groups is 1. The van der Waals surface area contributed by atoms with Gasteiger partial charge in [-0.05, 0) is 17.9 Å². The zero-order valence-corrected chi connectivity index (χ0v) is 11.2. The Morgan fingerprint density at radius 2 is 1.94 bits per heavy atom. The van der Waals surface area contributed by atoms with Gasteiger partial charge in [0.15, 0.2) is 5.78 Å². The van der Waals surface area contributed by atoms with Gasteiger partial charge in [-0.15, -0.1) is 0 Å². The minimum atomic E-state index is -0.236. The van der Waals surface area contributed by atoms with E-state index in [1.807, 2.05) is 24.3 Å². The van der Waals surface area contributed by atoms with Gasteiger partial charge in [-0.3, -0.25) is 4.79 Å². The van der Waals surface area contributed by atoms with E-state index in [9.17, 15) is 4.79 Å². The van der Waals surface area contributed by atoms with Gasteiger partial charge in [0.2, 0.25) is 0 Å². The van der Waals surface area contributed by atoms with E-state index in [4.69, 9.17) is 12.2 Å². The molecule has 0 heterocycles. The van der Waals surface area contributed by atoms with Crippen molar-refractivity contribution in [1.29, 1.82) is 0 Å². The van der Waals surface area contributed by atoms with Crippen LogP contribution in [0, 0.1) is 11.3 Å². The molecule has 17 heavy (non-hydrogen) atoms. The highest BCUT2D eigenvalue weighted by Crippen LogP contribution is 2.41. The van der Waals surface area contributed by atoms with E-state index in [1.54, 1.807) is 5.37 Å². The summed E-state index contributed by atoms with van der Waals surface area (Å²) in [5.41, 5.74) is 1.55. The Balaban J connectivity index is 2.13. The summed E-state index contributed by atoms with van der Waals surface area (Å²) < 4.78 is 0. The van der Waals surface area contributed by atoms with Crippen molar-refractivity contribution in [3.8, 4) is 0 Å². The number of thiocarbonyl (C=S) groups is 1. The van der Waals surface area contributed by atoms with Gasteiger partial charge in [-0.25, -0.2) is 0 Å². The highest BCUT2D eigenvalue weighted by molar-refractivity contribution is 7.79. The number of hydrogen-bond donors (Lipinski definition) is 0. The van der Waals surface area contributed by atoms with Crippen LogP contribution in [0.1, 0.15) is 49.0 Å². The second kappa shape index (κ2) is 4.69. The lowest BCUT2D eigenvalue weighted by atomic mass is 9.79. The summed E-state index contributed by atoms with van der Waals surface area (Å²) in [6.45, 7) is 4.11. The fourth-order valence-corrected chi connectivity index (χ4v) is 2.40. The predicted molar refractivity (Wildman–Crippen MR) is 74.7 cm³/mol. The van der Waals surface area contributed by atoms with Crippen LogP contribution >= 0.6 is 12.2 Å². The van der Waals surface area contributed by atoms with Crippen molar-refractivity contribution in [2.24, 2.45) is 11.3 Å². The van der Waals surface area contributed by atoms with Gasteiger partial charge in [0, 0.05) is 16.3 Å². The van der Waals surface area contributed by atoms with Crippen LogP contribution in [0.4, 0.5) is 0 Å². The Labute approximate surface area is 108 Å². The molecule has 2 rings (SSSR count). The van der Waals surface area contributed by atoms with Crippen molar-refractivity contribution in [3.63, 3.8) is 0 Å². The molecule has 2 heteroatoms. The Kier molecular flexibility index (Phi) is 3.43. The molecular formula is C15H18OS. The Morgan fingerprint density at radius 3 is 2.41 bits per heavy atom. The quantitative estimate of drug-likeness (QED) is 0.576. The van der Waals surface area contributed by atoms with Crippen molar-refractivity contribution < 1.29 is 4.79 Å². The largest absolute Gasteiger partial charge is 0.294 e. The SMILES string of the molecule is CC(C)(CC1CC1)C(=O)c1ccc(C=S)cc1. The van der Waals surface area contributed by atoms with Crippen LogP contribution in [0.15, 0.2) is 24.3 Å². The fraction of sp³-hybridized carbons (Fsp3) is 0.467. The van der Waals surface area contributed by atoms with Crippen LogP contribution in [0.2, 0.25) is 0 Å². The van der Waals surface area contributed by atoms with Gasteiger partial charge >= 0.3 is 0 Å². The van der Waals surface area contributed by atoms with Crippen LogP contribution in [0.3, 0.4) is 0 Å². The monoisotopic (exact) mass is 246 g/mol.